The van der Waals surface area contributed by atoms with E-state index in [0.717, 1.165) is 25.1 Å². The maximum atomic E-state index is 13.1. The Hall–Kier alpha value is -2.02. The number of carbonyl (C=O) groups is 1. The number of hydrogen-bond donors (Lipinski definition) is 0. The molecule has 3 nitrogen and oxygen atoms in total. The van der Waals surface area contributed by atoms with Crippen molar-refractivity contribution in [3.8, 4) is 0 Å². The molecule has 0 spiro atoms. The SMILES string of the molecule is O=C1/C(=C\c2cccs2)N=C(c2ccccc2Br)N1c1ccc(Br)cc1. The molecule has 0 aliphatic carbocycles. The number of benzene rings is 2. The summed E-state index contributed by atoms with van der Waals surface area (Å²) in [5, 5.41) is 1.98. The minimum Gasteiger partial charge on any atom is -0.266 e. The maximum absolute atomic E-state index is 13.1. The van der Waals surface area contributed by atoms with E-state index in [2.05, 4.69) is 36.9 Å². The van der Waals surface area contributed by atoms with Crippen LogP contribution in [-0.4, -0.2) is 11.7 Å². The number of thiophene rings is 1. The molecule has 0 radical (unpaired) electrons. The Kier molecular flexibility index (Phi) is 4.89. The standard InChI is InChI=1S/C20H12Br2N2OS/c21-13-7-9-14(10-8-13)24-19(16-5-1-2-6-17(16)22)23-18(20(24)25)12-15-4-3-11-26-15/h1-12H/b18-12+. The minimum absolute atomic E-state index is 0.133. The molecule has 0 unspecified atom stereocenters. The van der Waals surface area contributed by atoms with Gasteiger partial charge in [-0.3, -0.25) is 9.69 Å². The molecule has 26 heavy (non-hydrogen) atoms. The van der Waals surface area contributed by atoms with E-state index in [1.807, 2.05) is 72.1 Å². The van der Waals surface area contributed by atoms with Crippen LogP contribution < -0.4 is 4.90 Å². The van der Waals surface area contributed by atoms with Crippen molar-refractivity contribution in [2.24, 2.45) is 4.99 Å². The van der Waals surface area contributed by atoms with Crippen molar-refractivity contribution in [1.82, 2.24) is 0 Å². The largest absolute Gasteiger partial charge is 0.282 e. The van der Waals surface area contributed by atoms with Gasteiger partial charge < -0.3 is 0 Å². The molecule has 1 amide bonds. The normalized spacial score (nSPS) is 15.6. The van der Waals surface area contributed by atoms with E-state index < -0.39 is 0 Å². The molecular formula is C20H12Br2N2OS. The van der Waals surface area contributed by atoms with Crippen molar-refractivity contribution < 1.29 is 4.79 Å². The number of hydrogen-bond acceptors (Lipinski definition) is 3. The molecule has 3 aromatic rings. The van der Waals surface area contributed by atoms with Gasteiger partial charge in [0, 0.05) is 19.4 Å². The molecule has 128 valence electrons. The van der Waals surface area contributed by atoms with Crippen molar-refractivity contribution in [1.29, 1.82) is 0 Å². The monoisotopic (exact) mass is 486 g/mol. The summed E-state index contributed by atoms with van der Waals surface area (Å²) in [6.07, 6.45) is 1.84. The third-order valence-corrected chi connectivity index (χ3v) is 5.92. The summed E-state index contributed by atoms with van der Waals surface area (Å²) in [6.45, 7) is 0. The first-order valence-electron chi connectivity index (χ1n) is 7.82. The average molecular weight is 488 g/mol. The summed E-state index contributed by atoms with van der Waals surface area (Å²) in [6, 6.07) is 19.4. The number of carbonyl (C=O) groups excluding carboxylic acids is 1. The Bertz CT molecular complexity index is 1020. The van der Waals surface area contributed by atoms with Crippen molar-refractivity contribution in [2.45, 2.75) is 0 Å². The molecular weight excluding hydrogens is 476 g/mol. The molecule has 2 heterocycles. The predicted molar refractivity (Wildman–Crippen MR) is 115 cm³/mol. The van der Waals surface area contributed by atoms with Crippen molar-refractivity contribution in [3.63, 3.8) is 0 Å². The van der Waals surface area contributed by atoms with Gasteiger partial charge >= 0.3 is 0 Å². The highest BCUT2D eigenvalue weighted by Crippen LogP contribution is 2.31. The first kappa shape index (κ1) is 17.4. The number of nitrogens with zero attached hydrogens (tertiary/aromatic N) is 2. The quantitative estimate of drug-likeness (QED) is 0.410. The molecule has 0 N–H and O–H groups in total. The van der Waals surface area contributed by atoms with Gasteiger partial charge in [0.15, 0.2) is 0 Å². The average Bonchev–Trinajstić information content (AvgIpc) is 3.26. The highest BCUT2D eigenvalue weighted by molar-refractivity contribution is 9.10. The Morgan fingerprint density at radius 1 is 0.962 bits per heavy atom. The molecule has 2 aromatic carbocycles. The number of rotatable bonds is 3. The molecule has 1 aliphatic heterocycles. The second-order valence-electron chi connectivity index (χ2n) is 5.58. The third kappa shape index (κ3) is 3.32. The van der Waals surface area contributed by atoms with Crippen LogP contribution in [0.2, 0.25) is 0 Å². The van der Waals surface area contributed by atoms with Crippen LogP contribution in [0.5, 0.6) is 0 Å². The highest BCUT2D eigenvalue weighted by Gasteiger charge is 2.33. The zero-order chi connectivity index (χ0) is 18.1. The molecule has 6 heteroatoms. The molecule has 0 saturated carbocycles. The lowest BCUT2D eigenvalue weighted by molar-refractivity contribution is -0.113. The zero-order valence-corrected chi connectivity index (χ0v) is 17.4. The van der Waals surface area contributed by atoms with Gasteiger partial charge in [-0.2, -0.15) is 0 Å². The smallest absolute Gasteiger partial charge is 0.266 e. The second kappa shape index (κ2) is 7.31. The number of amidine groups is 1. The summed E-state index contributed by atoms with van der Waals surface area (Å²) < 4.78 is 1.85. The van der Waals surface area contributed by atoms with E-state index in [1.54, 1.807) is 16.2 Å². The number of anilines is 1. The van der Waals surface area contributed by atoms with E-state index in [1.165, 1.54) is 0 Å². The highest BCUT2D eigenvalue weighted by atomic mass is 79.9. The van der Waals surface area contributed by atoms with Crippen LogP contribution in [0.3, 0.4) is 0 Å². The van der Waals surface area contributed by atoms with Crippen molar-refractivity contribution in [3.05, 3.63) is 91.1 Å². The third-order valence-electron chi connectivity index (χ3n) is 3.88. The fraction of sp³-hybridized carbons (Fsp3) is 0. The number of amides is 1. The second-order valence-corrected chi connectivity index (χ2v) is 8.33. The Labute approximate surface area is 172 Å². The van der Waals surface area contributed by atoms with Crippen LogP contribution in [-0.2, 0) is 4.79 Å². The van der Waals surface area contributed by atoms with E-state index in [4.69, 9.17) is 0 Å². The molecule has 4 rings (SSSR count). The van der Waals surface area contributed by atoms with Gasteiger partial charge in [-0.1, -0.05) is 56.1 Å². The van der Waals surface area contributed by atoms with Gasteiger partial charge in [0.2, 0.25) is 0 Å². The van der Waals surface area contributed by atoms with Gasteiger partial charge in [0.25, 0.3) is 5.91 Å². The van der Waals surface area contributed by atoms with Crippen molar-refractivity contribution in [2.75, 3.05) is 4.90 Å². The summed E-state index contributed by atoms with van der Waals surface area (Å²) in [7, 11) is 0. The molecule has 1 aromatic heterocycles. The molecule has 0 atom stereocenters. The summed E-state index contributed by atoms with van der Waals surface area (Å²) >= 11 is 8.60. The Morgan fingerprint density at radius 2 is 1.73 bits per heavy atom. The van der Waals surface area contributed by atoms with Gasteiger partial charge in [-0.05, 0) is 47.9 Å². The number of aliphatic imine (C=N–C) groups is 1. The molecule has 0 bridgehead atoms. The predicted octanol–water partition coefficient (Wildman–Crippen LogP) is 6.11. The zero-order valence-electron chi connectivity index (χ0n) is 13.4. The fourth-order valence-electron chi connectivity index (χ4n) is 2.68. The maximum Gasteiger partial charge on any atom is 0.282 e. The van der Waals surface area contributed by atoms with Crippen LogP contribution in [0.1, 0.15) is 10.4 Å². The van der Waals surface area contributed by atoms with Gasteiger partial charge in [-0.15, -0.1) is 11.3 Å². The minimum atomic E-state index is -0.133. The first-order chi connectivity index (χ1) is 12.6. The van der Waals surface area contributed by atoms with Crippen LogP contribution in [0.15, 0.2) is 85.7 Å². The van der Waals surface area contributed by atoms with Crippen LogP contribution >= 0.6 is 43.2 Å². The van der Waals surface area contributed by atoms with Crippen LogP contribution in [0.4, 0.5) is 5.69 Å². The lowest BCUT2D eigenvalue weighted by atomic mass is 10.2. The summed E-state index contributed by atoms with van der Waals surface area (Å²) in [5.74, 6) is 0.485. The lowest BCUT2D eigenvalue weighted by Gasteiger charge is -2.19. The Morgan fingerprint density at radius 3 is 2.42 bits per heavy atom. The topological polar surface area (TPSA) is 32.7 Å². The summed E-state index contributed by atoms with van der Waals surface area (Å²) in [4.78, 5) is 20.5. The Balaban J connectivity index is 1.86. The number of halogens is 2. The van der Waals surface area contributed by atoms with Crippen LogP contribution in [0.25, 0.3) is 6.08 Å². The molecule has 0 fully saturated rings. The van der Waals surface area contributed by atoms with Gasteiger partial charge in [-0.25, -0.2) is 4.99 Å². The first-order valence-corrected chi connectivity index (χ1v) is 10.3. The lowest BCUT2D eigenvalue weighted by Crippen LogP contribution is -2.32. The molecule has 1 aliphatic rings. The van der Waals surface area contributed by atoms with Gasteiger partial charge in [0.1, 0.15) is 11.5 Å². The van der Waals surface area contributed by atoms with E-state index >= 15 is 0 Å². The van der Waals surface area contributed by atoms with E-state index in [0.29, 0.717) is 11.5 Å². The van der Waals surface area contributed by atoms with Crippen molar-refractivity contribution >= 4 is 66.7 Å². The van der Waals surface area contributed by atoms with E-state index in [-0.39, 0.29) is 5.91 Å². The molecule has 0 saturated heterocycles. The van der Waals surface area contributed by atoms with Crippen LogP contribution in [0, 0.1) is 0 Å². The van der Waals surface area contributed by atoms with E-state index in [9.17, 15) is 4.79 Å². The fourth-order valence-corrected chi connectivity index (χ4v) is 4.06. The summed E-state index contributed by atoms with van der Waals surface area (Å²) in [5.41, 5.74) is 2.08. The van der Waals surface area contributed by atoms with Gasteiger partial charge in [0.05, 0.1) is 5.69 Å².